The van der Waals surface area contributed by atoms with Crippen LogP contribution in [0.25, 0.3) is 0 Å². The Morgan fingerprint density at radius 1 is 1.00 bits per heavy atom. The van der Waals surface area contributed by atoms with Crippen LogP contribution >= 0.6 is 0 Å². The largest absolute Gasteiger partial charge is 0.465 e. The summed E-state index contributed by atoms with van der Waals surface area (Å²) in [4.78, 5) is 33.0. The molecule has 0 saturated carbocycles. The van der Waals surface area contributed by atoms with Gasteiger partial charge >= 0.3 is 5.97 Å². The lowest BCUT2D eigenvalue weighted by Gasteiger charge is -2.23. The van der Waals surface area contributed by atoms with Crippen molar-refractivity contribution < 1.29 is 14.3 Å². The molecular formula is C20H23N3O3. The highest BCUT2D eigenvalue weighted by atomic mass is 16.5. The lowest BCUT2D eigenvalue weighted by Crippen LogP contribution is -2.35. The number of anilines is 1. The smallest absolute Gasteiger partial charge is 0.339 e. The van der Waals surface area contributed by atoms with E-state index >= 15 is 0 Å². The van der Waals surface area contributed by atoms with Crippen LogP contribution in [-0.4, -0.2) is 55.0 Å². The molecule has 0 unspecified atom stereocenters. The third kappa shape index (κ3) is 3.85. The van der Waals surface area contributed by atoms with Gasteiger partial charge in [-0.15, -0.1) is 0 Å². The highest BCUT2D eigenvalue weighted by molar-refractivity contribution is 5.94. The van der Waals surface area contributed by atoms with Gasteiger partial charge in [0.15, 0.2) is 0 Å². The van der Waals surface area contributed by atoms with Gasteiger partial charge in [-0.25, -0.2) is 9.78 Å². The highest BCUT2D eigenvalue weighted by Gasteiger charge is 2.21. The van der Waals surface area contributed by atoms with Gasteiger partial charge in [-0.2, -0.15) is 0 Å². The number of hydrogen-bond acceptors (Lipinski definition) is 5. The van der Waals surface area contributed by atoms with Crippen molar-refractivity contribution in [3.63, 3.8) is 0 Å². The molecule has 0 aliphatic carbocycles. The monoisotopic (exact) mass is 353 g/mol. The van der Waals surface area contributed by atoms with Crippen molar-refractivity contribution in [2.24, 2.45) is 0 Å². The van der Waals surface area contributed by atoms with E-state index in [0.717, 1.165) is 30.9 Å². The van der Waals surface area contributed by atoms with E-state index < -0.39 is 0 Å². The van der Waals surface area contributed by atoms with Crippen molar-refractivity contribution in [2.75, 3.05) is 38.2 Å². The zero-order valence-corrected chi connectivity index (χ0v) is 15.1. The van der Waals surface area contributed by atoms with Gasteiger partial charge in [0.2, 0.25) is 0 Å². The predicted octanol–water partition coefficient (Wildman–Crippen LogP) is 2.53. The number of hydrogen-bond donors (Lipinski definition) is 0. The summed E-state index contributed by atoms with van der Waals surface area (Å²) in [6.45, 7) is 4.71. The van der Waals surface area contributed by atoms with Crippen LogP contribution in [0.15, 0.2) is 42.5 Å². The molecule has 1 amide bonds. The number of nitrogens with zero attached hydrogens (tertiary/aromatic N) is 3. The molecule has 0 spiro atoms. The second-order valence-corrected chi connectivity index (χ2v) is 6.29. The fourth-order valence-corrected chi connectivity index (χ4v) is 3.16. The molecule has 1 aromatic heterocycles. The number of methoxy groups -OCH3 is 1. The van der Waals surface area contributed by atoms with Gasteiger partial charge in [-0.05, 0) is 37.6 Å². The first-order valence-corrected chi connectivity index (χ1v) is 8.75. The van der Waals surface area contributed by atoms with Crippen molar-refractivity contribution in [2.45, 2.75) is 13.3 Å². The summed E-state index contributed by atoms with van der Waals surface area (Å²) in [5, 5.41) is 0. The Hall–Kier alpha value is -2.89. The van der Waals surface area contributed by atoms with E-state index in [9.17, 15) is 9.59 Å². The minimum atomic E-state index is -0.378. The van der Waals surface area contributed by atoms with E-state index in [4.69, 9.17) is 4.74 Å². The molecule has 0 N–H and O–H groups in total. The molecule has 6 heteroatoms. The number of carbonyl (C=O) groups is 2. The zero-order chi connectivity index (χ0) is 18.5. The SMILES string of the molecule is COC(=O)c1ccc(N2CCCN(C(=O)c3ccccc3)CC2)nc1C. The van der Waals surface area contributed by atoms with E-state index in [1.165, 1.54) is 7.11 Å². The molecule has 6 nitrogen and oxygen atoms in total. The maximum Gasteiger partial charge on any atom is 0.339 e. The number of rotatable bonds is 3. The molecule has 1 saturated heterocycles. The van der Waals surface area contributed by atoms with Crippen LogP contribution in [-0.2, 0) is 4.74 Å². The van der Waals surface area contributed by atoms with E-state index in [0.29, 0.717) is 24.3 Å². The number of pyridine rings is 1. The fourth-order valence-electron chi connectivity index (χ4n) is 3.16. The third-order valence-corrected chi connectivity index (χ3v) is 4.60. The Kier molecular flexibility index (Phi) is 5.51. The van der Waals surface area contributed by atoms with E-state index in [1.807, 2.05) is 41.3 Å². The molecule has 1 aliphatic rings. The summed E-state index contributed by atoms with van der Waals surface area (Å²) in [7, 11) is 1.36. The summed E-state index contributed by atoms with van der Waals surface area (Å²) in [6.07, 6.45) is 0.873. The number of esters is 1. The van der Waals surface area contributed by atoms with Gasteiger partial charge in [0.1, 0.15) is 5.82 Å². The Labute approximate surface area is 153 Å². The predicted molar refractivity (Wildman–Crippen MR) is 99.5 cm³/mol. The van der Waals surface area contributed by atoms with Crippen molar-refractivity contribution in [3.8, 4) is 0 Å². The number of carbonyl (C=O) groups excluding carboxylic acids is 2. The van der Waals surface area contributed by atoms with E-state index in [-0.39, 0.29) is 11.9 Å². The lowest BCUT2D eigenvalue weighted by molar-refractivity contribution is 0.0599. The van der Waals surface area contributed by atoms with Crippen LogP contribution in [0.2, 0.25) is 0 Å². The van der Waals surface area contributed by atoms with Crippen LogP contribution in [0.5, 0.6) is 0 Å². The number of ether oxygens (including phenoxy) is 1. The standard InChI is InChI=1S/C20H23N3O3/c1-15-17(20(25)26-2)9-10-18(21-15)22-11-6-12-23(14-13-22)19(24)16-7-4-3-5-8-16/h3-5,7-10H,6,11-14H2,1-2H3. The Bertz CT molecular complexity index is 792. The van der Waals surface area contributed by atoms with Gasteiger partial charge in [-0.1, -0.05) is 18.2 Å². The molecule has 136 valence electrons. The first kappa shape index (κ1) is 17.9. The molecule has 1 aromatic carbocycles. The van der Waals surface area contributed by atoms with Crippen LogP contribution in [0.1, 0.15) is 32.8 Å². The maximum absolute atomic E-state index is 12.6. The first-order valence-electron chi connectivity index (χ1n) is 8.75. The van der Waals surface area contributed by atoms with E-state index in [1.54, 1.807) is 13.0 Å². The Morgan fingerprint density at radius 2 is 1.77 bits per heavy atom. The second-order valence-electron chi connectivity index (χ2n) is 6.29. The van der Waals surface area contributed by atoms with Gasteiger partial charge in [0.05, 0.1) is 18.4 Å². The summed E-state index contributed by atoms with van der Waals surface area (Å²) < 4.78 is 4.77. The molecule has 0 radical (unpaired) electrons. The normalized spacial score (nSPS) is 14.7. The second kappa shape index (κ2) is 7.99. The number of aromatic nitrogens is 1. The average Bonchev–Trinajstić information content (AvgIpc) is 2.93. The summed E-state index contributed by atoms with van der Waals surface area (Å²) in [5.41, 5.74) is 1.85. The quantitative estimate of drug-likeness (QED) is 0.794. The first-order chi connectivity index (χ1) is 12.6. The molecule has 26 heavy (non-hydrogen) atoms. The Morgan fingerprint density at radius 3 is 2.46 bits per heavy atom. The lowest BCUT2D eigenvalue weighted by atomic mass is 10.2. The molecule has 0 bridgehead atoms. The van der Waals surface area contributed by atoms with Gasteiger partial charge in [0.25, 0.3) is 5.91 Å². The van der Waals surface area contributed by atoms with E-state index in [2.05, 4.69) is 9.88 Å². The summed E-state index contributed by atoms with van der Waals surface area (Å²) in [5.74, 6) is 0.513. The summed E-state index contributed by atoms with van der Waals surface area (Å²) in [6, 6.07) is 13.0. The molecular weight excluding hydrogens is 330 g/mol. The molecule has 2 aromatic rings. The maximum atomic E-state index is 12.6. The number of aryl methyl sites for hydroxylation is 1. The van der Waals surface area contributed by atoms with Crippen molar-refractivity contribution in [3.05, 3.63) is 59.3 Å². The minimum absolute atomic E-state index is 0.0672. The molecule has 1 aliphatic heterocycles. The molecule has 2 heterocycles. The molecule has 3 rings (SSSR count). The Balaban J connectivity index is 1.70. The topological polar surface area (TPSA) is 62.7 Å². The van der Waals surface area contributed by atoms with Gasteiger partial charge < -0.3 is 14.5 Å². The van der Waals surface area contributed by atoms with Crippen LogP contribution in [0, 0.1) is 6.92 Å². The minimum Gasteiger partial charge on any atom is -0.465 e. The van der Waals surface area contributed by atoms with Crippen LogP contribution in [0.4, 0.5) is 5.82 Å². The van der Waals surface area contributed by atoms with Crippen molar-refractivity contribution in [1.82, 2.24) is 9.88 Å². The zero-order valence-electron chi connectivity index (χ0n) is 15.1. The van der Waals surface area contributed by atoms with Gasteiger partial charge in [0, 0.05) is 31.7 Å². The number of amides is 1. The molecule has 1 fully saturated rings. The summed E-state index contributed by atoms with van der Waals surface area (Å²) >= 11 is 0. The van der Waals surface area contributed by atoms with Crippen LogP contribution < -0.4 is 4.90 Å². The highest BCUT2D eigenvalue weighted by Crippen LogP contribution is 2.18. The van der Waals surface area contributed by atoms with Crippen molar-refractivity contribution >= 4 is 17.7 Å². The third-order valence-electron chi connectivity index (χ3n) is 4.60. The average molecular weight is 353 g/mol. The molecule has 0 atom stereocenters. The number of benzene rings is 1. The fraction of sp³-hybridized carbons (Fsp3) is 0.350. The van der Waals surface area contributed by atoms with Crippen LogP contribution in [0.3, 0.4) is 0 Å². The van der Waals surface area contributed by atoms with Gasteiger partial charge in [-0.3, -0.25) is 4.79 Å². The van der Waals surface area contributed by atoms with Crippen molar-refractivity contribution in [1.29, 1.82) is 0 Å².